The van der Waals surface area contributed by atoms with E-state index < -0.39 is 0 Å². The van der Waals surface area contributed by atoms with Crippen molar-refractivity contribution >= 4 is 5.78 Å². The van der Waals surface area contributed by atoms with Crippen LogP contribution in [0.25, 0.3) is 0 Å². The van der Waals surface area contributed by atoms with E-state index in [1.165, 1.54) is 6.26 Å². The largest absolute Gasteiger partial charge is 0.469 e. The topological polar surface area (TPSA) is 30.2 Å². The zero-order chi connectivity index (χ0) is 8.97. The molecule has 1 heterocycles. The van der Waals surface area contributed by atoms with Gasteiger partial charge in [0, 0.05) is 0 Å². The molecule has 0 fully saturated rings. The van der Waals surface area contributed by atoms with Crippen LogP contribution in [0.3, 0.4) is 0 Å². The van der Waals surface area contributed by atoms with E-state index in [-0.39, 0.29) is 12.2 Å². The lowest BCUT2D eigenvalue weighted by atomic mass is 10.1. The van der Waals surface area contributed by atoms with Crippen molar-refractivity contribution in [1.82, 2.24) is 0 Å². The lowest BCUT2D eigenvalue weighted by Gasteiger charge is -1.86. The summed E-state index contributed by atoms with van der Waals surface area (Å²) >= 11 is 0. The Morgan fingerprint density at radius 1 is 1.67 bits per heavy atom. The van der Waals surface area contributed by atoms with E-state index in [0.717, 1.165) is 5.76 Å². The van der Waals surface area contributed by atoms with Gasteiger partial charge in [-0.05, 0) is 19.9 Å². The van der Waals surface area contributed by atoms with Crippen molar-refractivity contribution in [2.75, 3.05) is 0 Å². The standard InChI is InChI=1S/C10H10O2/c1-3-4-5-10(11)9-6-8(2)12-7-9/h6-7H,5H2,1-2H3. The van der Waals surface area contributed by atoms with Gasteiger partial charge >= 0.3 is 0 Å². The zero-order valence-electron chi connectivity index (χ0n) is 7.18. The van der Waals surface area contributed by atoms with Crippen molar-refractivity contribution in [3.63, 3.8) is 0 Å². The zero-order valence-corrected chi connectivity index (χ0v) is 7.18. The summed E-state index contributed by atoms with van der Waals surface area (Å²) < 4.78 is 5.00. The molecule has 1 aromatic heterocycles. The number of Topliss-reactive ketones (excluding diaryl/α,β-unsaturated/α-hetero) is 1. The third-order valence-electron chi connectivity index (χ3n) is 1.48. The maximum absolute atomic E-state index is 11.3. The number of hydrogen-bond acceptors (Lipinski definition) is 2. The number of furan rings is 1. The van der Waals surface area contributed by atoms with Gasteiger partial charge in [0.2, 0.25) is 0 Å². The molecule has 0 aliphatic rings. The lowest BCUT2D eigenvalue weighted by molar-refractivity contribution is 0.0997. The van der Waals surface area contributed by atoms with E-state index in [0.29, 0.717) is 5.56 Å². The molecule has 1 aromatic rings. The van der Waals surface area contributed by atoms with Crippen molar-refractivity contribution in [3.8, 4) is 11.8 Å². The maximum atomic E-state index is 11.3. The van der Waals surface area contributed by atoms with Gasteiger partial charge in [-0.15, -0.1) is 5.92 Å². The van der Waals surface area contributed by atoms with Crippen LogP contribution in [0.1, 0.15) is 29.5 Å². The second-order valence-corrected chi connectivity index (χ2v) is 2.47. The van der Waals surface area contributed by atoms with E-state index in [9.17, 15) is 4.79 Å². The third kappa shape index (κ3) is 2.00. The quantitative estimate of drug-likeness (QED) is 0.493. The Balaban J connectivity index is 2.69. The molecule has 0 aliphatic carbocycles. The molecule has 0 spiro atoms. The van der Waals surface area contributed by atoms with E-state index in [1.807, 2.05) is 6.92 Å². The van der Waals surface area contributed by atoms with Crippen molar-refractivity contribution in [2.24, 2.45) is 0 Å². The van der Waals surface area contributed by atoms with Gasteiger partial charge in [0.25, 0.3) is 0 Å². The molecule has 0 aliphatic heterocycles. The highest BCUT2D eigenvalue weighted by atomic mass is 16.3. The van der Waals surface area contributed by atoms with Crippen LogP contribution in [0.5, 0.6) is 0 Å². The van der Waals surface area contributed by atoms with Crippen LogP contribution in [0, 0.1) is 18.8 Å². The van der Waals surface area contributed by atoms with Crippen LogP contribution in [0.2, 0.25) is 0 Å². The number of aryl methyl sites for hydroxylation is 1. The fourth-order valence-corrected chi connectivity index (χ4v) is 0.860. The van der Waals surface area contributed by atoms with Gasteiger partial charge in [0.05, 0.1) is 12.0 Å². The number of rotatable bonds is 2. The van der Waals surface area contributed by atoms with Gasteiger partial charge in [-0.25, -0.2) is 0 Å². The van der Waals surface area contributed by atoms with Gasteiger partial charge < -0.3 is 4.42 Å². The first-order valence-electron chi connectivity index (χ1n) is 3.72. The van der Waals surface area contributed by atoms with Crippen LogP contribution in [0.4, 0.5) is 0 Å². The Kier molecular flexibility index (Phi) is 2.71. The molecule has 2 nitrogen and oxygen atoms in total. The highest BCUT2D eigenvalue weighted by Crippen LogP contribution is 2.08. The Morgan fingerprint density at radius 3 is 2.92 bits per heavy atom. The minimum absolute atomic E-state index is 0.0150. The molecule has 0 aromatic carbocycles. The van der Waals surface area contributed by atoms with E-state index >= 15 is 0 Å². The van der Waals surface area contributed by atoms with Crippen LogP contribution in [-0.2, 0) is 0 Å². The van der Waals surface area contributed by atoms with Gasteiger partial charge in [-0.3, -0.25) is 4.79 Å². The molecule has 0 saturated carbocycles. The minimum Gasteiger partial charge on any atom is -0.469 e. The normalized spacial score (nSPS) is 8.83. The fraction of sp³-hybridized carbons (Fsp3) is 0.300. The highest BCUT2D eigenvalue weighted by molar-refractivity contribution is 5.97. The predicted octanol–water partition coefficient (Wildman–Crippen LogP) is 2.18. The van der Waals surface area contributed by atoms with Gasteiger partial charge in [0.1, 0.15) is 12.0 Å². The summed E-state index contributed by atoms with van der Waals surface area (Å²) in [7, 11) is 0. The van der Waals surface area contributed by atoms with Crippen molar-refractivity contribution in [3.05, 3.63) is 23.7 Å². The SMILES string of the molecule is CC#CCC(=O)c1coc(C)c1. The third-order valence-corrected chi connectivity index (χ3v) is 1.48. The molecule has 0 N–H and O–H groups in total. The fourth-order valence-electron chi connectivity index (χ4n) is 0.860. The molecule has 1 rings (SSSR count). The molecule has 62 valence electrons. The van der Waals surface area contributed by atoms with Crippen LogP contribution in [-0.4, -0.2) is 5.78 Å². The smallest absolute Gasteiger partial charge is 0.177 e. The molecule has 0 atom stereocenters. The highest BCUT2D eigenvalue weighted by Gasteiger charge is 2.05. The first kappa shape index (κ1) is 8.61. The molecule has 0 radical (unpaired) electrons. The first-order valence-corrected chi connectivity index (χ1v) is 3.72. The maximum Gasteiger partial charge on any atom is 0.177 e. The number of carbonyl (C=O) groups is 1. The van der Waals surface area contributed by atoms with E-state index in [1.54, 1.807) is 13.0 Å². The van der Waals surface area contributed by atoms with Crippen molar-refractivity contribution < 1.29 is 9.21 Å². The van der Waals surface area contributed by atoms with Gasteiger partial charge in [-0.1, -0.05) is 5.92 Å². The summed E-state index contributed by atoms with van der Waals surface area (Å²) in [5, 5.41) is 0. The molecule has 2 heteroatoms. The van der Waals surface area contributed by atoms with Crippen molar-refractivity contribution in [2.45, 2.75) is 20.3 Å². The summed E-state index contributed by atoms with van der Waals surface area (Å²) in [5.41, 5.74) is 0.607. The molecule has 12 heavy (non-hydrogen) atoms. The molecule has 0 saturated heterocycles. The van der Waals surface area contributed by atoms with E-state index in [2.05, 4.69) is 11.8 Å². The predicted molar refractivity (Wildman–Crippen MR) is 45.8 cm³/mol. The van der Waals surface area contributed by atoms with E-state index in [4.69, 9.17) is 4.42 Å². The van der Waals surface area contributed by atoms with Crippen LogP contribution < -0.4 is 0 Å². The summed E-state index contributed by atoms with van der Waals surface area (Å²) in [5.74, 6) is 6.16. The number of ketones is 1. The Labute approximate surface area is 71.6 Å². The minimum atomic E-state index is 0.0150. The first-order chi connectivity index (χ1) is 5.74. The summed E-state index contributed by atoms with van der Waals surface area (Å²) in [6, 6.07) is 1.72. The Bertz CT molecular complexity index is 336. The number of hydrogen-bond donors (Lipinski definition) is 0. The molecule has 0 unspecified atom stereocenters. The summed E-state index contributed by atoms with van der Waals surface area (Å²) in [6.45, 7) is 3.52. The number of carbonyl (C=O) groups excluding carboxylic acids is 1. The Morgan fingerprint density at radius 2 is 2.42 bits per heavy atom. The van der Waals surface area contributed by atoms with Crippen LogP contribution in [0.15, 0.2) is 16.7 Å². The van der Waals surface area contributed by atoms with Crippen LogP contribution >= 0.6 is 0 Å². The molecular weight excluding hydrogens is 152 g/mol. The molecule has 0 amide bonds. The lowest BCUT2D eigenvalue weighted by Crippen LogP contribution is -1.93. The molecule has 0 bridgehead atoms. The average Bonchev–Trinajstić information content (AvgIpc) is 2.47. The van der Waals surface area contributed by atoms with Gasteiger partial charge in [-0.2, -0.15) is 0 Å². The second-order valence-electron chi connectivity index (χ2n) is 2.47. The summed E-state index contributed by atoms with van der Waals surface area (Å²) in [4.78, 5) is 11.3. The average molecular weight is 162 g/mol. The Hall–Kier alpha value is -1.49. The van der Waals surface area contributed by atoms with Crippen molar-refractivity contribution in [1.29, 1.82) is 0 Å². The van der Waals surface area contributed by atoms with Gasteiger partial charge in [0.15, 0.2) is 5.78 Å². The monoisotopic (exact) mass is 162 g/mol. The second kappa shape index (κ2) is 3.77. The summed E-state index contributed by atoms with van der Waals surface area (Å²) in [6.07, 6.45) is 1.74. The molecular formula is C10H10O2.